The molecule has 8 heteroatoms. The van der Waals surface area contributed by atoms with Crippen molar-refractivity contribution in [1.29, 1.82) is 0 Å². The lowest BCUT2D eigenvalue weighted by molar-refractivity contribution is -0.139. The van der Waals surface area contributed by atoms with Gasteiger partial charge in [0.2, 0.25) is 0 Å². The average molecular weight is 282 g/mol. The van der Waals surface area contributed by atoms with Gasteiger partial charge < -0.3 is 21.7 Å². The minimum absolute atomic E-state index is 0.339. The SMILES string of the molecule is CC(C)(SSCC[C@H](N)C(=O)O)[C@@H](N)C(=O)O. The first-order chi connectivity index (χ1) is 7.68. The quantitative estimate of drug-likeness (QED) is 0.371. The minimum Gasteiger partial charge on any atom is -0.480 e. The fraction of sp³-hybridized carbons (Fsp3) is 0.778. The molecule has 0 aromatic carbocycles. The summed E-state index contributed by atoms with van der Waals surface area (Å²) in [6, 6.07) is -1.84. The summed E-state index contributed by atoms with van der Waals surface area (Å²) in [5.41, 5.74) is 10.9. The summed E-state index contributed by atoms with van der Waals surface area (Å²) in [5.74, 6) is -1.55. The topological polar surface area (TPSA) is 127 Å². The fourth-order valence-electron chi connectivity index (χ4n) is 0.841. The molecule has 6 N–H and O–H groups in total. The molecule has 0 saturated carbocycles. The number of rotatable bonds is 8. The smallest absolute Gasteiger partial charge is 0.321 e. The zero-order chi connectivity index (χ0) is 13.6. The van der Waals surface area contributed by atoms with E-state index in [1.807, 2.05) is 0 Å². The van der Waals surface area contributed by atoms with Crippen LogP contribution in [0.2, 0.25) is 0 Å². The highest BCUT2D eigenvalue weighted by Gasteiger charge is 2.33. The van der Waals surface area contributed by atoms with Gasteiger partial charge in [-0.1, -0.05) is 21.6 Å². The van der Waals surface area contributed by atoms with Crippen molar-refractivity contribution in [3.8, 4) is 0 Å². The zero-order valence-electron chi connectivity index (χ0n) is 9.75. The first-order valence-corrected chi connectivity index (χ1v) is 7.27. The Labute approximate surface area is 108 Å². The van der Waals surface area contributed by atoms with Crippen LogP contribution in [0, 0.1) is 0 Å². The van der Waals surface area contributed by atoms with E-state index in [1.54, 1.807) is 13.8 Å². The molecule has 0 amide bonds. The molecule has 0 aromatic rings. The molecule has 0 spiro atoms. The molecule has 17 heavy (non-hydrogen) atoms. The second-order valence-electron chi connectivity index (χ2n) is 4.06. The van der Waals surface area contributed by atoms with Crippen LogP contribution in [-0.2, 0) is 9.59 Å². The first-order valence-electron chi connectivity index (χ1n) is 4.96. The predicted molar refractivity (Wildman–Crippen MR) is 70.0 cm³/mol. The third kappa shape index (κ3) is 6.16. The Bertz CT molecular complexity index is 286. The summed E-state index contributed by atoms with van der Waals surface area (Å²) in [6.07, 6.45) is 0.339. The van der Waals surface area contributed by atoms with Crippen molar-refractivity contribution >= 4 is 33.5 Å². The van der Waals surface area contributed by atoms with Crippen LogP contribution in [0.4, 0.5) is 0 Å². The Kier molecular flexibility index (Phi) is 6.91. The number of carbonyl (C=O) groups is 2. The monoisotopic (exact) mass is 282 g/mol. The second kappa shape index (κ2) is 7.10. The highest BCUT2D eigenvalue weighted by molar-refractivity contribution is 8.77. The van der Waals surface area contributed by atoms with E-state index in [-0.39, 0.29) is 0 Å². The normalized spacial score (nSPS) is 15.3. The van der Waals surface area contributed by atoms with Gasteiger partial charge in [0.15, 0.2) is 0 Å². The molecule has 0 saturated heterocycles. The summed E-state index contributed by atoms with van der Waals surface area (Å²) in [4.78, 5) is 21.2. The van der Waals surface area contributed by atoms with Crippen LogP contribution in [0.25, 0.3) is 0 Å². The van der Waals surface area contributed by atoms with Crippen LogP contribution in [0.15, 0.2) is 0 Å². The maximum atomic E-state index is 10.7. The Morgan fingerprint density at radius 2 is 1.76 bits per heavy atom. The lowest BCUT2D eigenvalue weighted by atomic mass is 10.1. The molecule has 0 heterocycles. The molecule has 2 atom stereocenters. The van der Waals surface area contributed by atoms with E-state index in [0.29, 0.717) is 12.2 Å². The van der Waals surface area contributed by atoms with Crippen LogP contribution < -0.4 is 11.5 Å². The number of carboxylic acid groups (broad SMARTS) is 2. The molecule has 0 aliphatic heterocycles. The molecule has 0 aliphatic carbocycles. The van der Waals surface area contributed by atoms with Crippen molar-refractivity contribution < 1.29 is 19.8 Å². The predicted octanol–water partition coefficient (Wildman–Crippen LogP) is 0.360. The zero-order valence-corrected chi connectivity index (χ0v) is 11.4. The van der Waals surface area contributed by atoms with Gasteiger partial charge in [0, 0.05) is 10.5 Å². The van der Waals surface area contributed by atoms with Gasteiger partial charge >= 0.3 is 11.9 Å². The Morgan fingerprint density at radius 1 is 1.24 bits per heavy atom. The molecular weight excluding hydrogens is 264 g/mol. The maximum Gasteiger partial charge on any atom is 0.321 e. The molecule has 0 rings (SSSR count). The standard InChI is InChI=1S/C9H18N2O4S2/c1-9(2,6(11)8(14)15)17-16-4-3-5(10)7(12)13/h5-6H,3-4,10-11H2,1-2H3,(H,12,13)(H,14,15)/t5-,6-/m0/s1. The van der Waals surface area contributed by atoms with Gasteiger partial charge in [-0.2, -0.15) is 0 Å². The van der Waals surface area contributed by atoms with E-state index in [2.05, 4.69) is 0 Å². The Hall–Kier alpha value is -0.440. The van der Waals surface area contributed by atoms with Gasteiger partial charge in [-0.3, -0.25) is 9.59 Å². The van der Waals surface area contributed by atoms with E-state index in [0.717, 1.165) is 0 Å². The fourth-order valence-corrected chi connectivity index (χ4v) is 3.54. The van der Waals surface area contributed by atoms with E-state index in [4.69, 9.17) is 21.7 Å². The number of nitrogens with two attached hydrogens (primary N) is 2. The largest absolute Gasteiger partial charge is 0.480 e. The molecule has 0 aromatic heterocycles. The van der Waals surface area contributed by atoms with E-state index < -0.39 is 28.8 Å². The van der Waals surface area contributed by atoms with Crippen LogP contribution in [0.1, 0.15) is 20.3 Å². The number of hydrogen-bond acceptors (Lipinski definition) is 6. The Balaban J connectivity index is 3.96. The van der Waals surface area contributed by atoms with Gasteiger partial charge in [0.25, 0.3) is 0 Å². The highest BCUT2D eigenvalue weighted by atomic mass is 33.1. The van der Waals surface area contributed by atoms with Crippen molar-refractivity contribution in [3.05, 3.63) is 0 Å². The van der Waals surface area contributed by atoms with Gasteiger partial charge in [0.05, 0.1) is 0 Å². The molecule has 0 fully saturated rings. The highest BCUT2D eigenvalue weighted by Crippen LogP contribution is 2.37. The molecule has 0 unspecified atom stereocenters. The van der Waals surface area contributed by atoms with Crippen LogP contribution in [0.3, 0.4) is 0 Å². The van der Waals surface area contributed by atoms with Crippen LogP contribution >= 0.6 is 21.6 Å². The summed E-state index contributed by atoms with van der Waals surface area (Å²) in [6.45, 7) is 3.47. The van der Waals surface area contributed by atoms with Gasteiger partial charge in [-0.25, -0.2) is 0 Å². The lowest BCUT2D eigenvalue weighted by Gasteiger charge is -2.27. The molecule has 6 nitrogen and oxygen atoms in total. The minimum atomic E-state index is -1.05. The van der Waals surface area contributed by atoms with Crippen molar-refractivity contribution in [2.24, 2.45) is 11.5 Å². The summed E-state index contributed by atoms with van der Waals surface area (Å²) >= 11 is 0. The summed E-state index contributed by atoms with van der Waals surface area (Å²) in [5, 5.41) is 17.4. The Morgan fingerprint density at radius 3 is 2.18 bits per heavy atom. The molecule has 0 bridgehead atoms. The number of hydrogen-bond donors (Lipinski definition) is 4. The average Bonchev–Trinajstić information content (AvgIpc) is 2.22. The third-order valence-corrected chi connectivity index (χ3v) is 5.46. The van der Waals surface area contributed by atoms with Crippen molar-refractivity contribution in [2.45, 2.75) is 37.1 Å². The van der Waals surface area contributed by atoms with E-state index in [1.165, 1.54) is 21.6 Å². The summed E-state index contributed by atoms with van der Waals surface area (Å²) in [7, 11) is 2.71. The molecule has 0 radical (unpaired) electrons. The van der Waals surface area contributed by atoms with Gasteiger partial charge in [0.1, 0.15) is 12.1 Å². The molecule has 100 valence electrons. The van der Waals surface area contributed by atoms with E-state index >= 15 is 0 Å². The molecular formula is C9H18N2O4S2. The second-order valence-corrected chi connectivity index (χ2v) is 7.13. The maximum absolute atomic E-state index is 10.7. The third-order valence-electron chi connectivity index (χ3n) is 2.12. The van der Waals surface area contributed by atoms with Gasteiger partial charge in [-0.05, 0) is 20.3 Å². The van der Waals surface area contributed by atoms with Crippen molar-refractivity contribution in [3.63, 3.8) is 0 Å². The molecule has 0 aliphatic rings. The lowest BCUT2D eigenvalue weighted by Crippen LogP contribution is -2.46. The van der Waals surface area contributed by atoms with Gasteiger partial charge in [-0.15, -0.1) is 0 Å². The number of carboxylic acids is 2. The van der Waals surface area contributed by atoms with Crippen LogP contribution in [-0.4, -0.2) is 44.7 Å². The van der Waals surface area contributed by atoms with Crippen molar-refractivity contribution in [2.75, 3.05) is 5.75 Å². The van der Waals surface area contributed by atoms with Crippen molar-refractivity contribution in [1.82, 2.24) is 0 Å². The van der Waals surface area contributed by atoms with E-state index in [9.17, 15) is 9.59 Å². The first kappa shape index (κ1) is 16.6. The van der Waals surface area contributed by atoms with Crippen LogP contribution in [0.5, 0.6) is 0 Å². The number of aliphatic carboxylic acids is 2. The summed E-state index contributed by atoms with van der Waals surface area (Å²) < 4.78 is -0.621.